The Morgan fingerprint density at radius 3 is 2.33 bits per heavy atom. The normalized spacial score (nSPS) is 10.3. The maximum atomic E-state index is 12.9. The number of aromatic nitrogens is 1. The van der Waals surface area contributed by atoms with E-state index in [4.69, 9.17) is 11.6 Å². The summed E-state index contributed by atoms with van der Waals surface area (Å²) in [5.41, 5.74) is 1.68. The van der Waals surface area contributed by atoms with Crippen LogP contribution in [-0.4, -0.2) is 16.8 Å². The molecule has 3 rings (SSSR count). The minimum atomic E-state index is -0.449. The monoisotopic (exact) mass is 383 g/mol. The second-order valence-electron chi connectivity index (χ2n) is 5.70. The van der Waals surface area contributed by atoms with Crippen LogP contribution in [-0.2, 0) is 6.54 Å². The number of carbonyl (C=O) groups excluding carboxylic acids is 2. The highest BCUT2D eigenvalue weighted by Crippen LogP contribution is 2.15. The van der Waals surface area contributed by atoms with Crippen molar-refractivity contribution in [3.63, 3.8) is 0 Å². The molecule has 2 aromatic carbocycles. The van der Waals surface area contributed by atoms with E-state index in [1.165, 1.54) is 42.7 Å². The van der Waals surface area contributed by atoms with E-state index in [0.29, 0.717) is 10.7 Å². The second kappa shape index (κ2) is 8.42. The van der Waals surface area contributed by atoms with Gasteiger partial charge in [-0.15, -0.1) is 0 Å². The summed E-state index contributed by atoms with van der Waals surface area (Å²) < 4.78 is 12.9. The fourth-order valence-electron chi connectivity index (χ4n) is 2.34. The minimum Gasteiger partial charge on any atom is -0.348 e. The molecular formula is C20H15ClFN3O2. The van der Waals surface area contributed by atoms with Crippen molar-refractivity contribution in [1.82, 2.24) is 10.3 Å². The molecule has 0 fully saturated rings. The van der Waals surface area contributed by atoms with Crippen LogP contribution in [0.2, 0.25) is 5.02 Å². The number of hydrogen-bond donors (Lipinski definition) is 2. The molecule has 0 spiro atoms. The summed E-state index contributed by atoms with van der Waals surface area (Å²) in [5, 5.41) is 5.92. The molecule has 0 unspecified atom stereocenters. The second-order valence-corrected chi connectivity index (χ2v) is 6.10. The van der Waals surface area contributed by atoms with E-state index in [9.17, 15) is 14.0 Å². The van der Waals surface area contributed by atoms with Crippen molar-refractivity contribution < 1.29 is 14.0 Å². The van der Waals surface area contributed by atoms with Crippen LogP contribution >= 0.6 is 11.6 Å². The molecule has 1 aromatic heterocycles. The number of carbonyl (C=O) groups is 2. The van der Waals surface area contributed by atoms with Crippen LogP contribution < -0.4 is 10.6 Å². The zero-order chi connectivity index (χ0) is 19.2. The van der Waals surface area contributed by atoms with Crippen LogP contribution in [0.5, 0.6) is 0 Å². The van der Waals surface area contributed by atoms with Gasteiger partial charge in [-0.25, -0.2) is 4.39 Å². The number of halogens is 2. The Morgan fingerprint density at radius 1 is 0.963 bits per heavy atom. The first-order valence-electron chi connectivity index (χ1n) is 8.06. The fourth-order valence-corrected chi connectivity index (χ4v) is 2.55. The number of nitrogens with one attached hydrogen (secondary N) is 2. The quantitative estimate of drug-likeness (QED) is 0.698. The van der Waals surface area contributed by atoms with E-state index in [1.54, 1.807) is 12.1 Å². The molecule has 1 heterocycles. The average molecular weight is 384 g/mol. The van der Waals surface area contributed by atoms with Crippen molar-refractivity contribution in [1.29, 1.82) is 0 Å². The average Bonchev–Trinajstić information content (AvgIpc) is 2.69. The molecule has 0 radical (unpaired) electrons. The van der Waals surface area contributed by atoms with E-state index < -0.39 is 11.7 Å². The van der Waals surface area contributed by atoms with E-state index in [2.05, 4.69) is 15.6 Å². The van der Waals surface area contributed by atoms with Gasteiger partial charge in [-0.05, 0) is 42.0 Å². The van der Waals surface area contributed by atoms with Crippen molar-refractivity contribution in [3.8, 4) is 0 Å². The number of anilines is 1. The van der Waals surface area contributed by atoms with Gasteiger partial charge in [0.15, 0.2) is 0 Å². The van der Waals surface area contributed by atoms with Crippen LogP contribution in [0.1, 0.15) is 26.3 Å². The van der Waals surface area contributed by atoms with E-state index in [0.717, 1.165) is 5.56 Å². The highest BCUT2D eigenvalue weighted by atomic mass is 35.5. The summed E-state index contributed by atoms with van der Waals surface area (Å²) in [7, 11) is 0. The van der Waals surface area contributed by atoms with Crippen molar-refractivity contribution in [3.05, 3.63) is 94.5 Å². The largest absolute Gasteiger partial charge is 0.348 e. The minimum absolute atomic E-state index is 0.213. The van der Waals surface area contributed by atoms with E-state index in [-0.39, 0.29) is 23.6 Å². The molecule has 0 bridgehead atoms. The van der Waals surface area contributed by atoms with Gasteiger partial charge in [-0.2, -0.15) is 0 Å². The SMILES string of the molecule is O=C(NCc1ccccc1Cl)c1cncc(C(=O)Nc2ccc(F)cc2)c1. The van der Waals surface area contributed by atoms with Gasteiger partial charge < -0.3 is 10.6 Å². The van der Waals surface area contributed by atoms with Crippen LogP contribution in [0.15, 0.2) is 67.0 Å². The van der Waals surface area contributed by atoms with Crippen LogP contribution in [0.3, 0.4) is 0 Å². The molecule has 7 heteroatoms. The maximum absolute atomic E-state index is 12.9. The van der Waals surface area contributed by atoms with Gasteiger partial charge in [-0.3, -0.25) is 14.6 Å². The fraction of sp³-hybridized carbons (Fsp3) is 0.0500. The Morgan fingerprint density at radius 2 is 1.63 bits per heavy atom. The van der Waals surface area contributed by atoms with Gasteiger partial charge in [0.1, 0.15) is 5.82 Å². The van der Waals surface area contributed by atoms with Gasteiger partial charge >= 0.3 is 0 Å². The Labute approximate surface area is 160 Å². The Kier molecular flexibility index (Phi) is 5.78. The molecule has 0 aliphatic rings. The standard InChI is InChI=1S/C20H15ClFN3O2/c21-18-4-2-1-3-13(18)12-24-19(26)14-9-15(11-23-10-14)20(27)25-17-7-5-16(22)6-8-17/h1-11H,12H2,(H,24,26)(H,25,27). The molecule has 5 nitrogen and oxygen atoms in total. The first kappa shape index (κ1) is 18.5. The maximum Gasteiger partial charge on any atom is 0.257 e. The number of pyridine rings is 1. The van der Waals surface area contributed by atoms with Gasteiger partial charge in [0.2, 0.25) is 0 Å². The summed E-state index contributed by atoms with van der Waals surface area (Å²) in [5.74, 6) is -1.22. The van der Waals surface area contributed by atoms with E-state index in [1.807, 2.05) is 12.1 Å². The van der Waals surface area contributed by atoms with Crippen LogP contribution in [0.4, 0.5) is 10.1 Å². The third-order valence-corrected chi connectivity index (χ3v) is 4.13. The highest BCUT2D eigenvalue weighted by molar-refractivity contribution is 6.31. The summed E-state index contributed by atoms with van der Waals surface area (Å²) in [6.45, 7) is 0.254. The van der Waals surface area contributed by atoms with Crippen molar-refractivity contribution >= 4 is 29.1 Å². The molecule has 136 valence electrons. The summed E-state index contributed by atoms with van der Waals surface area (Å²) in [4.78, 5) is 28.6. The van der Waals surface area contributed by atoms with Gasteiger partial charge in [0.05, 0.1) is 11.1 Å². The molecule has 2 amide bonds. The lowest BCUT2D eigenvalue weighted by Gasteiger charge is -2.08. The van der Waals surface area contributed by atoms with Crippen molar-refractivity contribution in [2.45, 2.75) is 6.54 Å². The Hall–Kier alpha value is -3.25. The molecule has 0 aliphatic heterocycles. The molecule has 0 aliphatic carbocycles. The van der Waals surface area contributed by atoms with Crippen molar-refractivity contribution in [2.24, 2.45) is 0 Å². The summed E-state index contributed by atoms with van der Waals surface area (Å²) >= 11 is 6.07. The van der Waals surface area contributed by atoms with Crippen LogP contribution in [0, 0.1) is 5.82 Å². The third kappa shape index (κ3) is 4.89. The summed E-state index contributed by atoms with van der Waals surface area (Å²) in [6, 6.07) is 14.0. The number of rotatable bonds is 5. The first-order chi connectivity index (χ1) is 13.0. The summed E-state index contributed by atoms with van der Waals surface area (Å²) in [6.07, 6.45) is 2.72. The van der Waals surface area contributed by atoms with Gasteiger partial charge in [0.25, 0.3) is 11.8 Å². The first-order valence-corrected chi connectivity index (χ1v) is 8.44. The molecule has 27 heavy (non-hydrogen) atoms. The molecule has 0 atom stereocenters. The van der Waals surface area contributed by atoms with E-state index >= 15 is 0 Å². The lowest BCUT2D eigenvalue weighted by molar-refractivity contribution is 0.0950. The molecule has 0 saturated heterocycles. The van der Waals surface area contributed by atoms with Gasteiger partial charge in [0, 0.05) is 29.6 Å². The third-order valence-electron chi connectivity index (χ3n) is 3.76. The Balaban J connectivity index is 1.67. The number of amides is 2. The predicted octanol–water partition coefficient (Wildman–Crippen LogP) is 4.06. The molecule has 3 aromatic rings. The number of benzene rings is 2. The zero-order valence-electron chi connectivity index (χ0n) is 14.1. The lowest BCUT2D eigenvalue weighted by atomic mass is 10.1. The number of nitrogens with zero attached hydrogens (tertiary/aromatic N) is 1. The predicted molar refractivity (Wildman–Crippen MR) is 101 cm³/mol. The van der Waals surface area contributed by atoms with Crippen molar-refractivity contribution in [2.75, 3.05) is 5.32 Å². The topological polar surface area (TPSA) is 71.1 Å². The molecular weight excluding hydrogens is 369 g/mol. The lowest BCUT2D eigenvalue weighted by Crippen LogP contribution is -2.23. The molecule has 2 N–H and O–H groups in total. The zero-order valence-corrected chi connectivity index (χ0v) is 14.8. The highest BCUT2D eigenvalue weighted by Gasteiger charge is 2.12. The Bertz CT molecular complexity index is 977. The smallest absolute Gasteiger partial charge is 0.257 e. The van der Waals surface area contributed by atoms with Crippen LogP contribution in [0.25, 0.3) is 0 Å². The van der Waals surface area contributed by atoms with Gasteiger partial charge in [-0.1, -0.05) is 29.8 Å². The molecule has 0 saturated carbocycles. The number of hydrogen-bond acceptors (Lipinski definition) is 3.